The van der Waals surface area contributed by atoms with E-state index in [-0.39, 0.29) is 28.9 Å². The molecule has 0 radical (unpaired) electrons. The predicted octanol–water partition coefficient (Wildman–Crippen LogP) is 3.84. The summed E-state index contributed by atoms with van der Waals surface area (Å²) in [5.41, 5.74) is 0.578. The molecule has 0 N–H and O–H groups in total. The Hall–Kier alpha value is -2.66. The van der Waals surface area contributed by atoms with Crippen LogP contribution in [-0.2, 0) is 4.79 Å². The van der Waals surface area contributed by atoms with E-state index in [1.807, 2.05) is 0 Å². The average Bonchev–Trinajstić information content (AvgIpc) is 2.59. The first-order valence-corrected chi connectivity index (χ1v) is 7.85. The Morgan fingerprint density at radius 3 is 2.44 bits per heavy atom. The number of carbonyl (C=O) groups excluding carboxylic acids is 2. The number of allylic oxidation sites excluding steroid dienone is 1. The topological polar surface area (TPSA) is 46.6 Å². The highest BCUT2D eigenvalue weighted by Crippen LogP contribution is 2.21. The van der Waals surface area contributed by atoms with Crippen LogP contribution in [0.4, 0.5) is 4.39 Å². The smallest absolute Gasteiger partial charge is 0.259 e. The van der Waals surface area contributed by atoms with E-state index >= 15 is 0 Å². The minimum Gasteiger partial charge on any atom is -0.484 e. The summed E-state index contributed by atoms with van der Waals surface area (Å²) < 4.78 is 19.0. The third kappa shape index (κ3) is 5.16. The van der Waals surface area contributed by atoms with Crippen molar-refractivity contribution in [1.29, 1.82) is 0 Å². The summed E-state index contributed by atoms with van der Waals surface area (Å²) >= 11 is 5.91. The Morgan fingerprint density at radius 2 is 1.84 bits per heavy atom. The minimum absolute atomic E-state index is 0.0774. The van der Waals surface area contributed by atoms with Crippen molar-refractivity contribution in [3.8, 4) is 5.75 Å². The van der Waals surface area contributed by atoms with E-state index in [2.05, 4.69) is 0 Å². The molecule has 2 aromatic carbocycles. The van der Waals surface area contributed by atoms with Gasteiger partial charge in [-0.2, -0.15) is 0 Å². The van der Waals surface area contributed by atoms with E-state index in [9.17, 15) is 14.0 Å². The molecular weight excluding hydrogens is 345 g/mol. The van der Waals surface area contributed by atoms with Crippen LogP contribution in [-0.4, -0.2) is 37.3 Å². The number of rotatable bonds is 6. The van der Waals surface area contributed by atoms with Crippen molar-refractivity contribution in [3.63, 3.8) is 0 Å². The number of ketones is 1. The lowest BCUT2D eigenvalue weighted by Crippen LogP contribution is -2.27. The Balaban J connectivity index is 2.03. The fourth-order valence-electron chi connectivity index (χ4n) is 1.91. The molecule has 6 heteroatoms. The quantitative estimate of drug-likeness (QED) is 0.580. The molecule has 0 aliphatic carbocycles. The van der Waals surface area contributed by atoms with Crippen molar-refractivity contribution in [2.24, 2.45) is 0 Å². The average molecular weight is 362 g/mol. The van der Waals surface area contributed by atoms with Crippen LogP contribution in [0.15, 0.2) is 48.5 Å². The second kappa shape index (κ2) is 8.44. The van der Waals surface area contributed by atoms with Crippen molar-refractivity contribution >= 4 is 29.4 Å². The molecule has 0 spiro atoms. The second-order valence-electron chi connectivity index (χ2n) is 5.43. The van der Waals surface area contributed by atoms with Crippen LogP contribution in [0.5, 0.6) is 5.75 Å². The zero-order chi connectivity index (χ0) is 18.4. The first-order valence-electron chi connectivity index (χ1n) is 7.48. The van der Waals surface area contributed by atoms with Crippen LogP contribution >= 0.6 is 11.6 Å². The van der Waals surface area contributed by atoms with Gasteiger partial charge in [-0.15, -0.1) is 0 Å². The molecule has 0 saturated carbocycles. The molecule has 0 unspecified atom stereocenters. The molecule has 0 heterocycles. The monoisotopic (exact) mass is 361 g/mol. The second-order valence-corrected chi connectivity index (χ2v) is 5.84. The molecule has 0 saturated heterocycles. The summed E-state index contributed by atoms with van der Waals surface area (Å²) in [5, 5.41) is 0.235. The summed E-state index contributed by atoms with van der Waals surface area (Å²) in [6.07, 6.45) is 2.61. The zero-order valence-electron chi connectivity index (χ0n) is 13.8. The number of ether oxygens (including phenoxy) is 1. The number of halogens is 2. The predicted molar refractivity (Wildman–Crippen MR) is 95.4 cm³/mol. The lowest BCUT2D eigenvalue weighted by atomic mass is 10.1. The third-order valence-electron chi connectivity index (χ3n) is 3.40. The van der Waals surface area contributed by atoms with E-state index in [1.54, 1.807) is 44.4 Å². The van der Waals surface area contributed by atoms with Gasteiger partial charge in [-0.25, -0.2) is 4.39 Å². The summed E-state index contributed by atoms with van der Waals surface area (Å²) in [6, 6.07) is 10.7. The lowest BCUT2D eigenvalue weighted by molar-refractivity contribution is -0.130. The Morgan fingerprint density at radius 1 is 1.16 bits per heavy atom. The summed E-state index contributed by atoms with van der Waals surface area (Å²) in [5.74, 6) is -0.473. The molecular formula is C19H17ClFNO3. The molecule has 1 amide bonds. The summed E-state index contributed by atoms with van der Waals surface area (Å²) in [6.45, 7) is -0.0774. The molecule has 0 bridgehead atoms. The van der Waals surface area contributed by atoms with Gasteiger partial charge in [-0.1, -0.05) is 17.7 Å². The van der Waals surface area contributed by atoms with Crippen molar-refractivity contribution < 1.29 is 18.7 Å². The van der Waals surface area contributed by atoms with Gasteiger partial charge >= 0.3 is 0 Å². The molecule has 0 atom stereocenters. The van der Waals surface area contributed by atoms with Gasteiger partial charge in [0, 0.05) is 25.2 Å². The Kier molecular flexibility index (Phi) is 6.31. The fourth-order valence-corrected chi connectivity index (χ4v) is 2.14. The molecule has 25 heavy (non-hydrogen) atoms. The SMILES string of the molecule is CN(C)C(=O)COc1ccc(C(=O)/C=C/c2c(F)cccc2Cl)cc1. The highest BCUT2D eigenvalue weighted by atomic mass is 35.5. The van der Waals surface area contributed by atoms with Gasteiger partial charge in [0.15, 0.2) is 12.4 Å². The van der Waals surface area contributed by atoms with Crippen LogP contribution in [0.1, 0.15) is 15.9 Å². The van der Waals surface area contributed by atoms with Gasteiger partial charge < -0.3 is 9.64 Å². The van der Waals surface area contributed by atoms with Crippen LogP contribution in [0.2, 0.25) is 5.02 Å². The van der Waals surface area contributed by atoms with Crippen molar-refractivity contribution in [2.45, 2.75) is 0 Å². The molecule has 4 nitrogen and oxygen atoms in total. The molecule has 0 fully saturated rings. The Labute approximate surface area is 150 Å². The number of benzene rings is 2. The van der Waals surface area contributed by atoms with Gasteiger partial charge in [0.1, 0.15) is 11.6 Å². The van der Waals surface area contributed by atoms with E-state index in [0.29, 0.717) is 11.3 Å². The summed E-state index contributed by atoms with van der Waals surface area (Å²) in [7, 11) is 3.28. The van der Waals surface area contributed by atoms with E-state index < -0.39 is 5.82 Å². The van der Waals surface area contributed by atoms with E-state index in [4.69, 9.17) is 16.3 Å². The molecule has 2 rings (SSSR count). The molecule has 0 aliphatic heterocycles. The lowest BCUT2D eigenvalue weighted by Gasteiger charge is -2.11. The number of carbonyl (C=O) groups is 2. The van der Waals surface area contributed by atoms with Gasteiger partial charge in [0.25, 0.3) is 5.91 Å². The highest BCUT2D eigenvalue weighted by Gasteiger charge is 2.07. The van der Waals surface area contributed by atoms with Gasteiger partial charge in [-0.3, -0.25) is 9.59 Å². The van der Waals surface area contributed by atoms with Gasteiger partial charge in [0.2, 0.25) is 0 Å². The fraction of sp³-hybridized carbons (Fsp3) is 0.158. The molecule has 0 aromatic heterocycles. The van der Waals surface area contributed by atoms with Gasteiger partial charge in [0.05, 0.1) is 5.02 Å². The molecule has 2 aromatic rings. The van der Waals surface area contributed by atoms with Crippen molar-refractivity contribution in [3.05, 3.63) is 70.5 Å². The maximum atomic E-state index is 13.7. The number of hydrogen-bond acceptors (Lipinski definition) is 3. The summed E-state index contributed by atoms with van der Waals surface area (Å²) in [4.78, 5) is 25.0. The Bertz CT molecular complexity index is 781. The third-order valence-corrected chi connectivity index (χ3v) is 3.73. The molecule has 0 aliphatic rings. The van der Waals surface area contributed by atoms with Crippen molar-refractivity contribution in [2.75, 3.05) is 20.7 Å². The van der Waals surface area contributed by atoms with Gasteiger partial charge in [-0.05, 0) is 48.6 Å². The maximum absolute atomic E-state index is 13.7. The zero-order valence-corrected chi connectivity index (χ0v) is 14.6. The maximum Gasteiger partial charge on any atom is 0.259 e. The largest absolute Gasteiger partial charge is 0.484 e. The van der Waals surface area contributed by atoms with Crippen LogP contribution in [0.3, 0.4) is 0 Å². The number of nitrogens with zero attached hydrogens (tertiary/aromatic N) is 1. The number of likely N-dealkylation sites (N-methyl/N-ethyl adjacent to an activating group) is 1. The standard InChI is InChI=1S/C19H17ClFNO3/c1-22(2)19(24)12-25-14-8-6-13(7-9-14)18(23)11-10-15-16(20)4-3-5-17(15)21/h3-11H,12H2,1-2H3/b11-10+. The van der Waals surface area contributed by atoms with E-state index in [0.717, 1.165) is 0 Å². The van der Waals surface area contributed by atoms with Crippen LogP contribution in [0.25, 0.3) is 6.08 Å². The normalized spacial score (nSPS) is 10.7. The number of amides is 1. The minimum atomic E-state index is -0.495. The first kappa shape index (κ1) is 18.7. The van der Waals surface area contributed by atoms with E-state index in [1.165, 1.54) is 29.2 Å². The first-order chi connectivity index (χ1) is 11.9. The highest BCUT2D eigenvalue weighted by molar-refractivity contribution is 6.32. The van der Waals surface area contributed by atoms with Crippen LogP contribution in [0, 0.1) is 5.82 Å². The molecule has 130 valence electrons. The number of hydrogen-bond donors (Lipinski definition) is 0. The van der Waals surface area contributed by atoms with Crippen molar-refractivity contribution in [1.82, 2.24) is 4.90 Å². The van der Waals surface area contributed by atoms with Crippen LogP contribution < -0.4 is 4.74 Å².